The SMILES string of the molecule is O=S1(=O)C=CC(Nc2c(F)c(F)c(F)c(F)c2F)C1. The molecule has 0 radical (unpaired) electrons. The average molecular weight is 299 g/mol. The average Bonchev–Trinajstić information content (AvgIpc) is 2.69. The zero-order valence-electron chi connectivity index (χ0n) is 9.05. The molecule has 1 aliphatic rings. The van der Waals surface area contributed by atoms with Crippen molar-refractivity contribution in [2.24, 2.45) is 0 Å². The van der Waals surface area contributed by atoms with E-state index in [-0.39, 0.29) is 0 Å². The van der Waals surface area contributed by atoms with Gasteiger partial charge in [0.1, 0.15) is 5.69 Å². The molecule has 0 saturated heterocycles. The van der Waals surface area contributed by atoms with Crippen LogP contribution in [0.25, 0.3) is 0 Å². The topological polar surface area (TPSA) is 46.2 Å². The van der Waals surface area contributed by atoms with Gasteiger partial charge in [-0.05, 0) is 0 Å². The fraction of sp³-hybridized carbons (Fsp3) is 0.200. The molecule has 1 aromatic carbocycles. The summed E-state index contributed by atoms with van der Waals surface area (Å²) in [4.78, 5) is 0. The third-order valence-corrected chi connectivity index (χ3v) is 3.87. The van der Waals surface area contributed by atoms with Crippen LogP contribution in [0, 0.1) is 29.1 Å². The number of halogens is 5. The molecule has 1 aromatic rings. The van der Waals surface area contributed by atoms with E-state index in [1.54, 1.807) is 0 Å². The highest BCUT2D eigenvalue weighted by atomic mass is 32.2. The van der Waals surface area contributed by atoms with Crippen molar-refractivity contribution in [3.63, 3.8) is 0 Å². The van der Waals surface area contributed by atoms with Gasteiger partial charge in [-0.15, -0.1) is 0 Å². The molecule has 104 valence electrons. The van der Waals surface area contributed by atoms with Crippen molar-refractivity contribution in [3.8, 4) is 0 Å². The van der Waals surface area contributed by atoms with Crippen molar-refractivity contribution >= 4 is 15.5 Å². The molecule has 1 aliphatic heterocycles. The fourth-order valence-corrected chi connectivity index (χ4v) is 2.82. The van der Waals surface area contributed by atoms with Crippen LogP contribution < -0.4 is 5.32 Å². The zero-order chi connectivity index (χ0) is 14.4. The zero-order valence-corrected chi connectivity index (χ0v) is 9.87. The minimum Gasteiger partial charge on any atom is -0.373 e. The van der Waals surface area contributed by atoms with Crippen LogP contribution in [-0.4, -0.2) is 20.2 Å². The Morgan fingerprint density at radius 1 is 0.947 bits per heavy atom. The summed E-state index contributed by atoms with van der Waals surface area (Å²) in [5.74, 6) is -11.0. The second-order valence-corrected chi connectivity index (χ2v) is 5.79. The first-order valence-electron chi connectivity index (χ1n) is 4.92. The highest BCUT2D eigenvalue weighted by molar-refractivity contribution is 7.94. The van der Waals surface area contributed by atoms with E-state index in [1.807, 2.05) is 5.32 Å². The third-order valence-electron chi connectivity index (χ3n) is 2.47. The summed E-state index contributed by atoms with van der Waals surface area (Å²) >= 11 is 0. The number of rotatable bonds is 2. The van der Waals surface area contributed by atoms with Gasteiger partial charge >= 0.3 is 0 Å². The van der Waals surface area contributed by atoms with Gasteiger partial charge in [0.25, 0.3) is 0 Å². The lowest BCUT2D eigenvalue weighted by Gasteiger charge is -2.14. The number of benzene rings is 1. The van der Waals surface area contributed by atoms with Crippen molar-refractivity contribution in [2.45, 2.75) is 6.04 Å². The van der Waals surface area contributed by atoms with Crippen LogP contribution in [0.5, 0.6) is 0 Å². The summed E-state index contributed by atoms with van der Waals surface area (Å²) in [5, 5.41) is 2.78. The summed E-state index contributed by atoms with van der Waals surface area (Å²) in [7, 11) is -3.52. The Hall–Kier alpha value is -1.64. The summed E-state index contributed by atoms with van der Waals surface area (Å²) in [6, 6.07) is -1.06. The molecule has 0 aromatic heterocycles. The molecule has 1 heterocycles. The molecule has 0 aliphatic carbocycles. The molecule has 1 unspecified atom stereocenters. The van der Waals surface area contributed by atoms with Gasteiger partial charge in [0.15, 0.2) is 33.1 Å². The molecule has 3 nitrogen and oxygen atoms in total. The van der Waals surface area contributed by atoms with Crippen LogP contribution in [0.4, 0.5) is 27.6 Å². The summed E-state index contributed by atoms with van der Waals surface area (Å²) in [5.41, 5.74) is -1.25. The minimum absolute atomic E-state index is 0.521. The number of anilines is 1. The van der Waals surface area contributed by atoms with Crippen LogP contribution in [0.3, 0.4) is 0 Å². The molecular formula is C10H6F5NO2S. The van der Waals surface area contributed by atoms with E-state index >= 15 is 0 Å². The van der Waals surface area contributed by atoms with E-state index < -0.39 is 56.4 Å². The normalized spacial score (nSPS) is 20.8. The Labute approximate surface area is 104 Å². The molecule has 9 heteroatoms. The van der Waals surface area contributed by atoms with Crippen molar-refractivity contribution in [3.05, 3.63) is 40.6 Å². The lowest BCUT2D eigenvalue weighted by molar-refractivity contribution is 0.381. The Morgan fingerprint density at radius 2 is 1.42 bits per heavy atom. The highest BCUT2D eigenvalue weighted by Crippen LogP contribution is 2.28. The van der Waals surface area contributed by atoms with E-state index in [0.29, 0.717) is 0 Å². The van der Waals surface area contributed by atoms with Gasteiger partial charge in [-0.1, -0.05) is 6.08 Å². The quantitative estimate of drug-likeness (QED) is 0.517. The van der Waals surface area contributed by atoms with Crippen LogP contribution in [0.2, 0.25) is 0 Å². The van der Waals surface area contributed by atoms with Gasteiger partial charge in [-0.3, -0.25) is 0 Å². The van der Waals surface area contributed by atoms with Gasteiger partial charge < -0.3 is 5.32 Å². The summed E-state index contributed by atoms with van der Waals surface area (Å²) < 4.78 is 87.3. The Kier molecular flexibility index (Phi) is 3.25. The second-order valence-electron chi connectivity index (χ2n) is 3.85. The van der Waals surface area contributed by atoms with Crippen molar-refractivity contribution in [1.29, 1.82) is 0 Å². The van der Waals surface area contributed by atoms with Crippen LogP contribution >= 0.6 is 0 Å². The number of sulfone groups is 1. The third kappa shape index (κ3) is 2.42. The first kappa shape index (κ1) is 13.8. The number of hydrogen-bond donors (Lipinski definition) is 1. The van der Waals surface area contributed by atoms with Gasteiger partial charge in [-0.25, -0.2) is 30.4 Å². The predicted octanol–water partition coefficient (Wildman–Crippen LogP) is 2.10. The maximum absolute atomic E-state index is 13.3. The van der Waals surface area contributed by atoms with Gasteiger partial charge in [0.05, 0.1) is 11.8 Å². The maximum Gasteiger partial charge on any atom is 0.200 e. The van der Waals surface area contributed by atoms with E-state index in [2.05, 4.69) is 0 Å². The second kappa shape index (κ2) is 4.48. The minimum atomic E-state index is -3.52. The Morgan fingerprint density at radius 3 is 1.84 bits per heavy atom. The van der Waals surface area contributed by atoms with Gasteiger partial charge in [0.2, 0.25) is 5.82 Å². The van der Waals surface area contributed by atoms with E-state index in [9.17, 15) is 30.4 Å². The van der Waals surface area contributed by atoms with Gasteiger partial charge in [-0.2, -0.15) is 0 Å². The highest BCUT2D eigenvalue weighted by Gasteiger charge is 2.29. The Balaban J connectivity index is 2.40. The molecule has 1 atom stereocenters. The van der Waals surface area contributed by atoms with E-state index in [0.717, 1.165) is 11.5 Å². The van der Waals surface area contributed by atoms with Crippen molar-refractivity contribution in [1.82, 2.24) is 0 Å². The lowest BCUT2D eigenvalue weighted by Crippen LogP contribution is -2.23. The predicted molar refractivity (Wildman–Crippen MR) is 56.6 cm³/mol. The largest absolute Gasteiger partial charge is 0.373 e. The Bertz CT molecular complexity index is 642. The molecule has 0 amide bonds. The first-order chi connectivity index (χ1) is 8.73. The molecule has 19 heavy (non-hydrogen) atoms. The monoisotopic (exact) mass is 299 g/mol. The number of hydrogen-bond acceptors (Lipinski definition) is 3. The summed E-state index contributed by atoms with van der Waals surface area (Å²) in [6.07, 6.45) is 1.06. The maximum atomic E-state index is 13.3. The molecule has 0 spiro atoms. The smallest absolute Gasteiger partial charge is 0.200 e. The first-order valence-corrected chi connectivity index (χ1v) is 6.63. The van der Waals surface area contributed by atoms with Crippen LogP contribution in [-0.2, 0) is 9.84 Å². The lowest BCUT2D eigenvalue weighted by atomic mass is 10.2. The molecule has 2 rings (SSSR count). The molecule has 0 bridgehead atoms. The number of nitrogens with one attached hydrogen (secondary N) is 1. The molecule has 1 N–H and O–H groups in total. The summed E-state index contributed by atoms with van der Waals surface area (Å²) in [6.45, 7) is 0. The van der Waals surface area contributed by atoms with E-state index in [4.69, 9.17) is 0 Å². The van der Waals surface area contributed by atoms with E-state index in [1.165, 1.54) is 0 Å². The van der Waals surface area contributed by atoms with Gasteiger partial charge in [0, 0.05) is 5.41 Å². The standard InChI is InChI=1S/C10H6F5NO2S/c11-5-6(12)8(14)10(9(15)7(5)13)16-4-1-2-19(17,18)3-4/h1-2,4,16H,3H2. The molecular weight excluding hydrogens is 293 g/mol. The van der Waals surface area contributed by atoms with Crippen LogP contribution in [0.1, 0.15) is 0 Å². The van der Waals surface area contributed by atoms with Crippen molar-refractivity contribution in [2.75, 3.05) is 11.1 Å². The van der Waals surface area contributed by atoms with Crippen molar-refractivity contribution < 1.29 is 30.4 Å². The molecule has 0 saturated carbocycles. The van der Waals surface area contributed by atoms with Crippen LogP contribution in [0.15, 0.2) is 11.5 Å². The molecule has 0 fully saturated rings. The fourth-order valence-electron chi connectivity index (χ4n) is 1.58.